The van der Waals surface area contributed by atoms with Crippen molar-refractivity contribution in [3.05, 3.63) is 29.8 Å². The predicted octanol–water partition coefficient (Wildman–Crippen LogP) is 0.475. The summed E-state index contributed by atoms with van der Waals surface area (Å²) in [6.45, 7) is 1.69. The van der Waals surface area contributed by atoms with Crippen LogP contribution in [0.3, 0.4) is 0 Å². The lowest BCUT2D eigenvalue weighted by Crippen LogP contribution is -2.36. The minimum Gasteiger partial charge on any atom is -0.409 e. The third-order valence-corrected chi connectivity index (χ3v) is 1.98. The molecular formula is C10H13FN4O2. The van der Waals surface area contributed by atoms with Crippen LogP contribution in [-0.4, -0.2) is 28.0 Å². The monoisotopic (exact) mass is 240 g/mol. The summed E-state index contributed by atoms with van der Waals surface area (Å²) in [4.78, 5) is 15.2. The summed E-state index contributed by atoms with van der Waals surface area (Å²) in [5, 5.41) is 13.7. The molecule has 0 fully saturated rings. The number of hydrogen-bond donors (Lipinski definition) is 3. The summed E-state index contributed by atoms with van der Waals surface area (Å²) < 4.78 is 12.6. The molecule has 4 N–H and O–H groups in total. The Morgan fingerprint density at radius 2 is 2.41 bits per heavy atom. The van der Waals surface area contributed by atoms with E-state index in [-0.39, 0.29) is 24.0 Å². The summed E-state index contributed by atoms with van der Waals surface area (Å²) in [6.07, 6.45) is 1.17. The Labute approximate surface area is 97.3 Å². The van der Waals surface area contributed by atoms with Crippen LogP contribution in [-0.2, 0) is 0 Å². The van der Waals surface area contributed by atoms with Gasteiger partial charge in [-0.15, -0.1) is 0 Å². The van der Waals surface area contributed by atoms with Crippen molar-refractivity contribution in [2.45, 2.75) is 19.4 Å². The number of pyridine rings is 1. The average Bonchev–Trinajstić information content (AvgIpc) is 2.29. The molecule has 0 saturated heterocycles. The quantitative estimate of drug-likeness (QED) is 0.308. The molecule has 92 valence electrons. The molecule has 1 atom stereocenters. The van der Waals surface area contributed by atoms with Crippen LogP contribution >= 0.6 is 0 Å². The van der Waals surface area contributed by atoms with E-state index in [1.807, 2.05) is 0 Å². The largest absolute Gasteiger partial charge is 0.409 e. The smallest absolute Gasteiger partial charge is 0.270 e. The lowest BCUT2D eigenvalue weighted by Gasteiger charge is -2.12. The van der Waals surface area contributed by atoms with E-state index in [0.717, 1.165) is 12.3 Å². The Morgan fingerprint density at radius 3 is 2.94 bits per heavy atom. The number of oxime groups is 1. The average molecular weight is 240 g/mol. The van der Waals surface area contributed by atoms with Crippen molar-refractivity contribution in [2.24, 2.45) is 10.9 Å². The number of aromatic nitrogens is 1. The summed E-state index contributed by atoms with van der Waals surface area (Å²) in [6, 6.07) is 2.11. The number of nitrogens with zero attached hydrogens (tertiary/aromatic N) is 2. The number of amidine groups is 1. The van der Waals surface area contributed by atoms with Crippen LogP contribution in [0, 0.1) is 5.82 Å². The Bertz CT molecular complexity index is 419. The van der Waals surface area contributed by atoms with Crippen molar-refractivity contribution >= 4 is 11.7 Å². The van der Waals surface area contributed by atoms with E-state index >= 15 is 0 Å². The molecule has 1 unspecified atom stereocenters. The van der Waals surface area contributed by atoms with E-state index in [1.54, 1.807) is 6.92 Å². The topological polar surface area (TPSA) is 101 Å². The van der Waals surface area contributed by atoms with Crippen molar-refractivity contribution in [2.75, 3.05) is 0 Å². The zero-order chi connectivity index (χ0) is 12.8. The first-order chi connectivity index (χ1) is 8.02. The van der Waals surface area contributed by atoms with Crippen molar-refractivity contribution in [1.29, 1.82) is 0 Å². The number of nitrogens with two attached hydrogens (primary N) is 1. The fraction of sp³-hybridized carbons (Fsp3) is 0.300. The van der Waals surface area contributed by atoms with Crippen LogP contribution in [0.2, 0.25) is 0 Å². The highest BCUT2D eigenvalue weighted by atomic mass is 19.1. The zero-order valence-electron chi connectivity index (χ0n) is 9.22. The number of carbonyl (C=O) groups excluding carboxylic acids is 1. The van der Waals surface area contributed by atoms with E-state index in [1.165, 1.54) is 6.07 Å². The van der Waals surface area contributed by atoms with Crippen LogP contribution in [0.25, 0.3) is 0 Å². The Hall–Kier alpha value is -2.18. The summed E-state index contributed by atoms with van der Waals surface area (Å²) in [5.41, 5.74) is 5.40. The maximum Gasteiger partial charge on any atom is 0.270 e. The molecule has 0 aliphatic heterocycles. The van der Waals surface area contributed by atoms with E-state index in [2.05, 4.69) is 15.5 Å². The highest BCUT2D eigenvalue weighted by molar-refractivity contribution is 5.92. The molecule has 1 rings (SSSR count). The first-order valence-corrected chi connectivity index (χ1v) is 4.91. The van der Waals surface area contributed by atoms with E-state index in [0.29, 0.717) is 0 Å². The van der Waals surface area contributed by atoms with Gasteiger partial charge in [-0.3, -0.25) is 4.79 Å². The van der Waals surface area contributed by atoms with E-state index < -0.39 is 11.7 Å². The fourth-order valence-electron chi connectivity index (χ4n) is 1.21. The number of halogens is 1. The third kappa shape index (κ3) is 4.06. The molecule has 1 amide bonds. The maximum absolute atomic E-state index is 12.6. The second-order valence-corrected chi connectivity index (χ2v) is 3.53. The molecule has 1 aromatic heterocycles. The third-order valence-electron chi connectivity index (χ3n) is 1.98. The second-order valence-electron chi connectivity index (χ2n) is 3.53. The molecule has 17 heavy (non-hydrogen) atoms. The molecule has 0 radical (unpaired) electrons. The normalized spacial score (nSPS) is 13.2. The van der Waals surface area contributed by atoms with Crippen LogP contribution in [0.5, 0.6) is 0 Å². The number of hydrogen-bond acceptors (Lipinski definition) is 4. The Morgan fingerprint density at radius 1 is 1.71 bits per heavy atom. The van der Waals surface area contributed by atoms with Crippen molar-refractivity contribution in [1.82, 2.24) is 10.3 Å². The SMILES string of the molecule is CC(C/C(N)=N/O)NC(=O)c1ccc(F)cn1. The van der Waals surface area contributed by atoms with Gasteiger partial charge >= 0.3 is 0 Å². The fourth-order valence-corrected chi connectivity index (χ4v) is 1.21. The van der Waals surface area contributed by atoms with Crippen LogP contribution in [0.15, 0.2) is 23.5 Å². The summed E-state index contributed by atoms with van der Waals surface area (Å²) in [7, 11) is 0. The summed E-state index contributed by atoms with van der Waals surface area (Å²) in [5.74, 6) is -0.931. The van der Waals surface area contributed by atoms with Crippen LogP contribution in [0.4, 0.5) is 4.39 Å². The lowest BCUT2D eigenvalue weighted by molar-refractivity contribution is 0.0936. The van der Waals surface area contributed by atoms with Gasteiger partial charge in [0.25, 0.3) is 5.91 Å². The van der Waals surface area contributed by atoms with E-state index in [9.17, 15) is 9.18 Å². The van der Waals surface area contributed by atoms with Crippen molar-refractivity contribution < 1.29 is 14.4 Å². The Balaban J connectivity index is 2.57. The lowest BCUT2D eigenvalue weighted by atomic mass is 10.2. The van der Waals surface area contributed by atoms with Crippen LogP contribution < -0.4 is 11.1 Å². The van der Waals surface area contributed by atoms with Gasteiger partial charge in [0.15, 0.2) is 0 Å². The zero-order valence-corrected chi connectivity index (χ0v) is 9.22. The van der Waals surface area contributed by atoms with Gasteiger partial charge < -0.3 is 16.3 Å². The number of rotatable bonds is 4. The second kappa shape index (κ2) is 5.78. The van der Waals surface area contributed by atoms with Gasteiger partial charge in [0.2, 0.25) is 0 Å². The van der Waals surface area contributed by atoms with Gasteiger partial charge in [-0.25, -0.2) is 9.37 Å². The molecule has 0 spiro atoms. The molecule has 0 aliphatic carbocycles. The molecule has 0 aromatic carbocycles. The minimum absolute atomic E-state index is 0.0184. The first-order valence-electron chi connectivity index (χ1n) is 4.91. The molecule has 6 nitrogen and oxygen atoms in total. The molecule has 7 heteroatoms. The maximum atomic E-state index is 12.6. The van der Waals surface area contributed by atoms with Gasteiger partial charge in [-0.05, 0) is 19.1 Å². The minimum atomic E-state index is -0.508. The molecule has 1 aromatic rings. The molecule has 0 saturated carbocycles. The highest BCUT2D eigenvalue weighted by Gasteiger charge is 2.12. The highest BCUT2D eigenvalue weighted by Crippen LogP contribution is 1.99. The van der Waals surface area contributed by atoms with Gasteiger partial charge in [-0.1, -0.05) is 5.16 Å². The van der Waals surface area contributed by atoms with E-state index in [4.69, 9.17) is 10.9 Å². The molecule has 1 heterocycles. The molecular weight excluding hydrogens is 227 g/mol. The standard InChI is InChI=1S/C10H13FN4O2/c1-6(4-9(12)15-17)14-10(16)8-3-2-7(11)5-13-8/h2-3,5-6,17H,4H2,1H3,(H2,12,15)(H,14,16). The van der Waals surface area contributed by atoms with Gasteiger partial charge in [0, 0.05) is 12.5 Å². The van der Waals surface area contributed by atoms with Gasteiger partial charge in [0.05, 0.1) is 6.20 Å². The predicted molar refractivity (Wildman–Crippen MR) is 59.1 cm³/mol. The summed E-state index contributed by atoms with van der Waals surface area (Å²) >= 11 is 0. The Kier molecular flexibility index (Phi) is 4.38. The van der Waals surface area contributed by atoms with Crippen LogP contribution in [0.1, 0.15) is 23.8 Å². The van der Waals surface area contributed by atoms with Gasteiger partial charge in [0.1, 0.15) is 17.3 Å². The van der Waals surface area contributed by atoms with Gasteiger partial charge in [-0.2, -0.15) is 0 Å². The first kappa shape index (κ1) is 12.9. The van der Waals surface area contributed by atoms with Crippen molar-refractivity contribution in [3.63, 3.8) is 0 Å². The number of carbonyl (C=O) groups is 1. The van der Waals surface area contributed by atoms with Crippen molar-refractivity contribution in [3.8, 4) is 0 Å². The number of nitrogens with one attached hydrogen (secondary N) is 1. The number of amides is 1. The molecule has 0 aliphatic rings. The molecule has 0 bridgehead atoms.